The Morgan fingerprint density at radius 1 is 1.20 bits per heavy atom. The van der Waals surface area contributed by atoms with Gasteiger partial charge >= 0.3 is 5.97 Å². The van der Waals surface area contributed by atoms with Crippen molar-refractivity contribution >= 4 is 39.6 Å². The standard InChI is InChI=1S/C18H19BrN2O3S/c1-18(2,3)24-15(22)11-21-16(23)14-5-4-10-20-17(14)25-13-8-6-12(19)7-9-13/h4-10H,11H2,1-3H3,(H,21,23). The summed E-state index contributed by atoms with van der Waals surface area (Å²) >= 11 is 4.78. The zero-order valence-electron chi connectivity index (χ0n) is 14.2. The molecule has 0 saturated heterocycles. The van der Waals surface area contributed by atoms with Crippen LogP contribution in [0.1, 0.15) is 31.1 Å². The first-order chi connectivity index (χ1) is 11.7. The van der Waals surface area contributed by atoms with E-state index < -0.39 is 11.6 Å². The molecule has 0 unspecified atom stereocenters. The van der Waals surface area contributed by atoms with E-state index in [0.717, 1.165) is 9.37 Å². The van der Waals surface area contributed by atoms with Crippen molar-refractivity contribution in [2.75, 3.05) is 6.54 Å². The van der Waals surface area contributed by atoms with Crippen LogP contribution in [0, 0.1) is 0 Å². The molecule has 25 heavy (non-hydrogen) atoms. The van der Waals surface area contributed by atoms with Crippen LogP contribution in [0.25, 0.3) is 0 Å². The predicted molar refractivity (Wildman–Crippen MR) is 101 cm³/mol. The average Bonchev–Trinajstić information content (AvgIpc) is 2.54. The highest BCUT2D eigenvalue weighted by Crippen LogP contribution is 2.29. The van der Waals surface area contributed by atoms with E-state index in [1.165, 1.54) is 11.8 Å². The molecule has 0 radical (unpaired) electrons. The lowest BCUT2D eigenvalue weighted by Crippen LogP contribution is -2.34. The smallest absolute Gasteiger partial charge is 0.325 e. The molecule has 1 N–H and O–H groups in total. The van der Waals surface area contributed by atoms with Crippen LogP contribution >= 0.6 is 27.7 Å². The van der Waals surface area contributed by atoms with Gasteiger partial charge in [0, 0.05) is 15.6 Å². The van der Waals surface area contributed by atoms with Crippen LogP contribution in [-0.2, 0) is 9.53 Å². The van der Waals surface area contributed by atoms with Crippen LogP contribution in [0.2, 0.25) is 0 Å². The van der Waals surface area contributed by atoms with E-state index in [0.29, 0.717) is 10.6 Å². The molecule has 0 atom stereocenters. The zero-order chi connectivity index (χ0) is 18.4. The van der Waals surface area contributed by atoms with E-state index in [1.807, 2.05) is 24.3 Å². The van der Waals surface area contributed by atoms with E-state index >= 15 is 0 Å². The Morgan fingerprint density at radius 3 is 2.52 bits per heavy atom. The molecule has 7 heteroatoms. The molecule has 1 heterocycles. The number of benzene rings is 1. The lowest BCUT2D eigenvalue weighted by Gasteiger charge is -2.19. The number of hydrogen-bond donors (Lipinski definition) is 1. The molecule has 0 saturated carbocycles. The minimum atomic E-state index is -0.585. The summed E-state index contributed by atoms with van der Waals surface area (Å²) in [5.74, 6) is -0.842. The van der Waals surface area contributed by atoms with Gasteiger partial charge in [0.1, 0.15) is 17.2 Å². The van der Waals surface area contributed by atoms with Gasteiger partial charge in [-0.3, -0.25) is 9.59 Å². The summed E-state index contributed by atoms with van der Waals surface area (Å²) in [5.41, 5.74) is -0.169. The third-order valence-corrected chi connectivity index (χ3v) is 4.41. The van der Waals surface area contributed by atoms with Crippen molar-refractivity contribution in [1.82, 2.24) is 10.3 Å². The van der Waals surface area contributed by atoms with Crippen LogP contribution < -0.4 is 5.32 Å². The Labute approximate surface area is 159 Å². The number of esters is 1. The number of rotatable bonds is 5. The number of ether oxygens (including phenoxy) is 1. The summed E-state index contributed by atoms with van der Waals surface area (Å²) in [4.78, 5) is 29.4. The second-order valence-corrected chi connectivity index (χ2v) is 8.16. The summed E-state index contributed by atoms with van der Waals surface area (Å²) in [5, 5.41) is 3.16. The molecule has 0 bridgehead atoms. The van der Waals surface area contributed by atoms with E-state index in [4.69, 9.17) is 4.74 Å². The molecule has 0 aliphatic carbocycles. The maximum atomic E-state index is 12.4. The fraction of sp³-hybridized carbons (Fsp3) is 0.278. The predicted octanol–water partition coefficient (Wildman–Crippen LogP) is 4.07. The van der Waals surface area contributed by atoms with Crippen molar-refractivity contribution < 1.29 is 14.3 Å². The number of halogens is 1. The van der Waals surface area contributed by atoms with Crippen LogP contribution in [0.3, 0.4) is 0 Å². The van der Waals surface area contributed by atoms with Crippen molar-refractivity contribution in [3.05, 3.63) is 52.6 Å². The fourth-order valence-corrected chi connectivity index (χ4v) is 3.03. The van der Waals surface area contributed by atoms with E-state index in [1.54, 1.807) is 39.1 Å². The highest BCUT2D eigenvalue weighted by Gasteiger charge is 2.18. The number of aromatic nitrogens is 1. The van der Waals surface area contributed by atoms with Gasteiger partial charge in [0.25, 0.3) is 5.91 Å². The first kappa shape index (κ1) is 19.5. The second-order valence-electron chi connectivity index (χ2n) is 6.18. The summed E-state index contributed by atoms with van der Waals surface area (Å²) < 4.78 is 6.16. The van der Waals surface area contributed by atoms with E-state index in [2.05, 4.69) is 26.2 Å². The monoisotopic (exact) mass is 422 g/mol. The highest BCUT2D eigenvalue weighted by atomic mass is 79.9. The van der Waals surface area contributed by atoms with Crippen molar-refractivity contribution in [3.8, 4) is 0 Å². The van der Waals surface area contributed by atoms with E-state index in [-0.39, 0.29) is 12.5 Å². The Morgan fingerprint density at radius 2 is 1.88 bits per heavy atom. The molecule has 0 fully saturated rings. The van der Waals surface area contributed by atoms with Crippen LogP contribution in [0.15, 0.2) is 57.0 Å². The lowest BCUT2D eigenvalue weighted by atomic mass is 10.2. The molecule has 1 aromatic heterocycles. The first-order valence-electron chi connectivity index (χ1n) is 7.63. The number of amides is 1. The molecule has 1 aromatic carbocycles. The number of carbonyl (C=O) groups excluding carboxylic acids is 2. The molecule has 5 nitrogen and oxygen atoms in total. The zero-order valence-corrected chi connectivity index (χ0v) is 16.6. The van der Waals surface area contributed by atoms with Gasteiger partial charge in [-0.25, -0.2) is 4.98 Å². The maximum Gasteiger partial charge on any atom is 0.325 e. The van der Waals surface area contributed by atoms with Crippen molar-refractivity contribution in [3.63, 3.8) is 0 Å². The highest BCUT2D eigenvalue weighted by molar-refractivity contribution is 9.10. The molecule has 0 spiro atoms. The Balaban J connectivity index is 2.05. The average molecular weight is 423 g/mol. The Hall–Kier alpha value is -1.86. The van der Waals surface area contributed by atoms with Gasteiger partial charge in [0.05, 0.1) is 5.56 Å². The lowest BCUT2D eigenvalue weighted by molar-refractivity contribution is -0.153. The maximum absolute atomic E-state index is 12.4. The van der Waals surface area contributed by atoms with Gasteiger partial charge in [-0.15, -0.1) is 0 Å². The molecule has 2 rings (SSSR count). The van der Waals surface area contributed by atoms with Crippen LogP contribution in [0.4, 0.5) is 0 Å². The third-order valence-electron chi connectivity index (χ3n) is 2.86. The van der Waals surface area contributed by atoms with Crippen molar-refractivity contribution in [1.29, 1.82) is 0 Å². The SMILES string of the molecule is CC(C)(C)OC(=O)CNC(=O)c1cccnc1Sc1ccc(Br)cc1. The largest absolute Gasteiger partial charge is 0.459 e. The normalized spacial score (nSPS) is 11.0. The molecular weight excluding hydrogens is 404 g/mol. The Kier molecular flexibility index (Phi) is 6.61. The molecule has 1 amide bonds. The van der Waals surface area contributed by atoms with Crippen molar-refractivity contribution in [2.24, 2.45) is 0 Å². The number of carbonyl (C=O) groups is 2. The first-order valence-corrected chi connectivity index (χ1v) is 9.24. The van der Waals surface area contributed by atoms with E-state index in [9.17, 15) is 9.59 Å². The van der Waals surface area contributed by atoms with Gasteiger partial charge in [-0.2, -0.15) is 0 Å². The summed E-state index contributed by atoms with van der Waals surface area (Å²) in [6, 6.07) is 11.1. The topological polar surface area (TPSA) is 68.3 Å². The van der Waals surface area contributed by atoms with Crippen LogP contribution in [-0.4, -0.2) is 29.0 Å². The second kappa shape index (κ2) is 8.49. The van der Waals surface area contributed by atoms with Gasteiger partial charge in [0.15, 0.2) is 0 Å². The minimum Gasteiger partial charge on any atom is -0.459 e. The van der Waals surface area contributed by atoms with Crippen molar-refractivity contribution in [2.45, 2.75) is 36.3 Å². The van der Waals surface area contributed by atoms with Gasteiger partial charge < -0.3 is 10.1 Å². The fourth-order valence-electron chi connectivity index (χ4n) is 1.88. The van der Waals surface area contributed by atoms with Crippen LogP contribution in [0.5, 0.6) is 0 Å². The number of pyridine rings is 1. The number of hydrogen-bond acceptors (Lipinski definition) is 5. The summed E-state index contributed by atoms with van der Waals surface area (Å²) in [7, 11) is 0. The molecule has 0 aliphatic rings. The molecule has 132 valence electrons. The number of nitrogens with zero attached hydrogens (tertiary/aromatic N) is 1. The quantitative estimate of drug-likeness (QED) is 0.735. The van der Waals surface area contributed by atoms with Gasteiger partial charge in [-0.05, 0) is 57.2 Å². The molecule has 0 aliphatic heterocycles. The van der Waals surface area contributed by atoms with Gasteiger partial charge in [-0.1, -0.05) is 27.7 Å². The minimum absolute atomic E-state index is 0.187. The molecular formula is C18H19BrN2O3S. The summed E-state index contributed by atoms with van der Waals surface area (Å²) in [6.07, 6.45) is 1.63. The van der Waals surface area contributed by atoms with Gasteiger partial charge in [0.2, 0.25) is 0 Å². The molecule has 2 aromatic rings. The third kappa shape index (κ3) is 6.51. The summed E-state index contributed by atoms with van der Waals surface area (Å²) in [6.45, 7) is 5.15. The number of nitrogens with one attached hydrogen (secondary N) is 1. The Bertz CT molecular complexity index is 758.